The highest BCUT2D eigenvalue weighted by atomic mass is 32.2. The van der Waals surface area contributed by atoms with E-state index >= 15 is 0 Å². The van der Waals surface area contributed by atoms with E-state index in [0.29, 0.717) is 18.4 Å². The summed E-state index contributed by atoms with van der Waals surface area (Å²) in [4.78, 5) is 23.4. The predicted octanol–water partition coefficient (Wildman–Crippen LogP) is 7.22. The van der Waals surface area contributed by atoms with E-state index in [0.717, 1.165) is 31.4 Å². The minimum atomic E-state index is -0.361. The van der Waals surface area contributed by atoms with Crippen molar-refractivity contribution in [3.63, 3.8) is 0 Å². The van der Waals surface area contributed by atoms with Crippen molar-refractivity contribution in [1.29, 1.82) is 0 Å². The zero-order valence-corrected chi connectivity index (χ0v) is 22.2. The van der Waals surface area contributed by atoms with Gasteiger partial charge in [0.1, 0.15) is 12.0 Å². The van der Waals surface area contributed by atoms with Crippen LogP contribution in [0, 0.1) is 0 Å². The van der Waals surface area contributed by atoms with Gasteiger partial charge in [-0.15, -0.1) is 11.8 Å². The van der Waals surface area contributed by atoms with Crippen LogP contribution in [-0.4, -0.2) is 29.6 Å². The summed E-state index contributed by atoms with van der Waals surface area (Å²) < 4.78 is -0.296. The molecule has 4 rings (SSSR count). The van der Waals surface area contributed by atoms with E-state index in [1.807, 2.05) is 11.8 Å². The summed E-state index contributed by atoms with van der Waals surface area (Å²) in [6, 6.07) is 36.4. The van der Waals surface area contributed by atoms with Gasteiger partial charge in [-0.05, 0) is 53.5 Å². The molecule has 0 unspecified atom stereocenters. The van der Waals surface area contributed by atoms with Crippen LogP contribution in [0.5, 0.6) is 5.75 Å². The van der Waals surface area contributed by atoms with E-state index in [1.54, 1.807) is 0 Å². The number of benzene rings is 4. The van der Waals surface area contributed by atoms with Crippen LogP contribution < -0.4 is 5.32 Å². The lowest BCUT2D eigenvalue weighted by atomic mass is 9.84. The minimum absolute atomic E-state index is 0.121. The maximum atomic E-state index is 12.4. The maximum Gasteiger partial charge on any atom is 0.255 e. The fourth-order valence-electron chi connectivity index (χ4n) is 4.68. The van der Waals surface area contributed by atoms with Gasteiger partial charge < -0.3 is 10.4 Å². The van der Waals surface area contributed by atoms with Crippen molar-refractivity contribution in [1.82, 2.24) is 5.32 Å². The summed E-state index contributed by atoms with van der Waals surface area (Å²) in [7, 11) is 0. The van der Waals surface area contributed by atoms with Crippen LogP contribution in [-0.2, 0) is 4.75 Å². The molecule has 0 aliphatic heterocycles. The van der Waals surface area contributed by atoms with E-state index in [2.05, 4.69) is 96.3 Å². The number of amides is 1. The first-order valence-corrected chi connectivity index (χ1v) is 14.0. The first-order chi connectivity index (χ1) is 18.6. The Labute approximate surface area is 229 Å². The zero-order chi connectivity index (χ0) is 26.6. The van der Waals surface area contributed by atoms with Crippen molar-refractivity contribution < 1.29 is 14.7 Å². The normalized spacial score (nSPS) is 11.2. The Hall–Kier alpha value is -3.83. The van der Waals surface area contributed by atoms with Gasteiger partial charge in [-0.1, -0.05) is 104 Å². The number of carbonyl (C=O) groups excluding carboxylic acids is 2. The summed E-state index contributed by atoms with van der Waals surface area (Å²) in [5.74, 6) is 0.515. The molecule has 0 radical (unpaired) electrons. The third-order valence-corrected chi connectivity index (χ3v) is 8.25. The number of phenols is 1. The molecular formula is C33H33NO3S. The third kappa shape index (κ3) is 6.53. The Morgan fingerprint density at radius 2 is 1.26 bits per heavy atom. The Kier molecular flexibility index (Phi) is 9.77. The molecule has 4 aromatic rings. The second-order valence-electron chi connectivity index (χ2n) is 9.19. The molecule has 0 spiro atoms. The standard InChI is InChI=1S/C33H33NO3S/c35-25-26-20-21-31(36)30(24-26)32(37)34-22-12-1-2-13-23-38-33(27-14-6-3-7-15-27,28-16-8-4-9-17-28)29-18-10-5-11-19-29/h3-11,14-21,24-25,36H,1-2,12-13,22-23H2,(H,34,37). The highest BCUT2D eigenvalue weighted by Gasteiger charge is 2.36. The zero-order valence-electron chi connectivity index (χ0n) is 21.4. The molecular weight excluding hydrogens is 490 g/mol. The highest BCUT2D eigenvalue weighted by Crippen LogP contribution is 2.48. The Morgan fingerprint density at radius 3 is 1.79 bits per heavy atom. The number of aldehydes is 1. The van der Waals surface area contributed by atoms with E-state index in [9.17, 15) is 14.7 Å². The first-order valence-electron chi connectivity index (χ1n) is 13.0. The number of rotatable bonds is 13. The number of aromatic hydroxyl groups is 1. The molecule has 0 atom stereocenters. The molecule has 0 aromatic heterocycles. The number of nitrogens with one attached hydrogen (secondary N) is 1. The lowest BCUT2D eigenvalue weighted by Gasteiger charge is -2.35. The monoisotopic (exact) mass is 523 g/mol. The maximum absolute atomic E-state index is 12.4. The van der Waals surface area contributed by atoms with Gasteiger partial charge in [0.15, 0.2) is 0 Å². The fraction of sp³-hybridized carbons (Fsp3) is 0.212. The summed E-state index contributed by atoms with van der Waals surface area (Å²) in [5, 5.41) is 12.8. The number of unbranched alkanes of at least 4 members (excludes halogenated alkanes) is 3. The van der Waals surface area contributed by atoms with Crippen molar-refractivity contribution >= 4 is 24.0 Å². The van der Waals surface area contributed by atoms with E-state index in [-0.39, 0.29) is 22.0 Å². The van der Waals surface area contributed by atoms with Crippen LogP contribution >= 0.6 is 11.8 Å². The Balaban J connectivity index is 1.34. The smallest absolute Gasteiger partial charge is 0.255 e. The Morgan fingerprint density at radius 1 is 0.737 bits per heavy atom. The van der Waals surface area contributed by atoms with Gasteiger partial charge in [-0.3, -0.25) is 9.59 Å². The summed E-state index contributed by atoms with van der Waals surface area (Å²) in [6.07, 6.45) is 4.64. The molecule has 0 saturated heterocycles. The van der Waals surface area contributed by atoms with Crippen LogP contribution in [0.3, 0.4) is 0 Å². The van der Waals surface area contributed by atoms with Crippen LogP contribution in [0.4, 0.5) is 0 Å². The van der Waals surface area contributed by atoms with Crippen LogP contribution in [0.1, 0.15) is 63.1 Å². The number of phenolic OH excluding ortho intramolecular Hbond substituents is 1. The van der Waals surface area contributed by atoms with Crippen molar-refractivity contribution in [2.24, 2.45) is 0 Å². The van der Waals surface area contributed by atoms with Crippen LogP contribution in [0.2, 0.25) is 0 Å². The third-order valence-electron chi connectivity index (χ3n) is 6.62. The van der Waals surface area contributed by atoms with Gasteiger partial charge >= 0.3 is 0 Å². The quantitative estimate of drug-likeness (QED) is 0.110. The summed E-state index contributed by atoms with van der Waals surface area (Å²) >= 11 is 1.97. The predicted molar refractivity (Wildman–Crippen MR) is 156 cm³/mol. The molecule has 0 aliphatic rings. The van der Waals surface area contributed by atoms with Crippen molar-refractivity contribution in [2.45, 2.75) is 30.4 Å². The number of carbonyl (C=O) groups is 2. The van der Waals surface area contributed by atoms with E-state index in [1.165, 1.54) is 34.9 Å². The number of hydrogen-bond acceptors (Lipinski definition) is 4. The van der Waals surface area contributed by atoms with Crippen molar-refractivity contribution in [2.75, 3.05) is 12.3 Å². The molecule has 4 aromatic carbocycles. The molecule has 194 valence electrons. The SMILES string of the molecule is O=Cc1ccc(O)c(C(=O)NCCCCCCSC(c2ccccc2)(c2ccccc2)c2ccccc2)c1. The molecule has 2 N–H and O–H groups in total. The second kappa shape index (κ2) is 13.6. The molecule has 0 heterocycles. The molecule has 0 fully saturated rings. The van der Waals surface area contributed by atoms with Gasteiger partial charge in [0.25, 0.3) is 5.91 Å². The van der Waals surface area contributed by atoms with Gasteiger partial charge in [0.05, 0.1) is 10.3 Å². The Bertz CT molecular complexity index is 1210. The largest absolute Gasteiger partial charge is 0.507 e. The highest BCUT2D eigenvalue weighted by molar-refractivity contribution is 8.00. The van der Waals surface area contributed by atoms with E-state index in [4.69, 9.17) is 0 Å². The lowest BCUT2D eigenvalue weighted by molar-refractivity contribution is 0.0950. The number of thioether (sulfide) groups is 1. The average Bonchev–Trinajstić information content (AvgIpc) is 2.98. The van der Waals surface area contributed by atoms with Crippen molar-refractivity contribution in [3.05, 3.63) is 137 Å². The minimum Gasteiger partial charge on any atom is -0.507 e. The van der Waals surface area contributed by atoms with Gasteiger partial charge in [0, 0.05) is 12.1 Å². The summed E-state index contributed by atoms with van der Waals surface area (Å²) in [5.41, 5.74) is 4.30. The topological polar surface area (TPSA) is 66.4 Å². The lowest BCUT2D eigenvalue weighted by Crippen LogP contribution is -2.26. The molecule has 1 amide bonds. The van der Waals surface area contributed by atoms with Gasteiger partial charge in [-0.2, -0.15) is 0 Å². The van der Waals surface area contributed by atoms with Gasteiger partial charge in [-0.25, -0.2) is 0 Å². The molecule has 38 heavy (non-hydrogen) atoms. The van der Waals surface area contributed by atoms with Crippen molar-refractivity contribution in [3.8, 4) is 5.75 Å². The molecule has 0 aliphatic carbocycles. The average molecular weight is 524 g/mol. The van der Waals surface area contributed by atoms with E-state index < -0.39 is 0 Å². The fourth-order valence-corrected chi connectivity index (χ4v) is 6.24. The molecule has 0 saturated carbocycles. The first kappa shape index (κ1) is 27.2. The second-order valence-corrected chi connectivity index (χ2v) is 10.5. The van der Waals surface area contributed by atoms with Crippen LogP contribution in [0.15, 0.2) is 109 Å². The molecule has 4 nitrogen and oxygen atoms in total. The summed E-state index contributed by atoms with van der Waals surface area (Å²) in [6.45, 7) is 0.527. The van der Waals surface area contributed by atoms with Crippen LogP contribution in [0.25, 0.3) is 0 Å². The number of hydrogen-bond donors (Lipinski definition) is 2. The molecule has 5 heteroatoms. The van der Waals surface area contributed by atoms with Gasteiger partial charge in [0.2, 0.25) is 0 Å². The molecule has 0 bridgehead atoms.